The Morgan fingerprint density at radius 1 is 1.26 bits per heavy atom. The van der Waals surface area contributed by atoms with Gasteiger partial charge in [-0.1, -0.05) is 36.4 Å². The van der Waals surface area contributed by atoms with Crippen LogP contribution < -0.4 is 11.1 Å². The number of benzene rings is 2. The molecule has 27 heavy (non-hydrogen) atoms. The predicted octanol–water partition coefficient (Wildman–Crippen LogP) is 5.06. The molecule has 1 heterocycles. The highest BCUT2D eigenvalue weighted by Crippen LogP contribution is 2.27. The molecule has 6 heteroatoms. The van der Waals surface area contributed by atoms with Gasteiger partial charge in [-0.05, 0) is 54.0 Å². The van der Waals surface area contributed by atoms with Crippen LogP contribution in [-0.2, 0) is 0 Å². The van der Waals surface area contributed by atoms with Crippen LogP contribution in [0, 0.1) is 6.92 Å². The lowest BCUT2D eigenvalue weighted by Crippen LogP contribution is -2.21. The van der Waals surface area contributed by atoms with Gasteiger partial charge in [0.2, 0.25) is 0 Å². The lowest BCUT2D eigenvalue weighted by Gasteiger charge is -2.08. The van der Waals surface area contributed by atoms with Gasteiger partial charge in [0.1, 0.15) is 0 Å². The van der Waals surface area contributed by atoms with Crippen molar-refractivity contribution < 1.29 is 4.79 Å². The Morgan fingerprint density at radius 3 is 2.78 bits per heavy atom. The van der Waals surface area contributed by atoms with Crippen LogP contribution in [-0.4, -0.2) is 10.9 Å². The zero-order valence-corrected chi connectivity index (χ0v) is 16.3. The van der Waals surface area contributed by atoms with Crippen molar-refractivity contribution in [2.75, 3.05) is 0 Å². The van der Waals surface area contributed by atoms with Crippen molar-refractivity contribution in [3.63, 3.8) is 0 Å². The molecule has 0 aliphatic rings. The highest BCUT2D eigenvalue weighted by atomic mass is 35.5. The molecule has 0 aliphatic carbocycles. The molecule has 1 aromatic heterocycles. The number of thiazole rings is 1. The molecular weight excluding hydrogens is 378 g/mol. The van der Waals surface area contributed by atoms with E-state index >= 15 is 0 Å². The summed E-state index contributed by atoms with van der Waals surface area (Å²) in [6.45, 7) is 5.90. The number of carbonyl (C=O) groups excluding carboxylic acids is 1. The Labute approximate surface area is 166 Å². The minimum absolute atomic E-state index is 0.311. The van der Waals surface area contributed by atoms with E-state index in [1.807, 2.05) is 24.6 Å². The fourth-order valence-electron chi connectivity index (χ4n) is 2.64. The number of rotatable bonds is 5. The summed E-state index contributed by atoms with van der Waals surface area (Å²) in [5.41, 5.74) is 12.3. The molecule has 0 radical (unpaired) electrons. The van der Waals surface area contributed by atoms with E-state index in [1.54, 1.807) is 41.7 Å². The SMILES string of the molecule is C=C(/C=C\C(=C/N)c1cc2ncsc2cc1C)NC(=O)c1ccccc1Cl. The molecule has 3 rings (SSSR count). The van der Waals surface area contributed by atoms with Crippen LogP contribution >= 0.6 is 22.9 Å². The smallest absolute Gasteiger partial charge is 0.257 e. The van der Waals surface area contributed by atoms with Crippen LogP contribution in [0.1, 0.15) is 21.5 Å². The average Bonchev–Trinajstić information content (AvgIpc) is 3.09. The summed E-state index contributed by atoms with van der Waals surface area (Å²) < 4.78 is 1.13. The van der Waals surface area contributed by atoms with Gasteiger partial charge >= 0.3 is 0 Å². The minimum atomic E-state index is -0.311. The number of aryl methyl sites for hydroxylation is 1. The van der Waals surface area contributed by atoms with E-state index in [-0.39, 0.29) is 5.91 Å². The number of nitrogens with one attached hydrogen (secondary N) is 1. The number of fused-ring (bicyclic) bond motifs is 1. The lowest BCUT2D eigenvalue weighted by molar-refractivity contribution is 0.0967. The van der Waals surface area contributed by atoms with E-state index in [0.29, 0.717) is 16.3 Å². The maximum atomic E-state index is 12.3. The van der Waals surface area contributed by atoms with Gasteiger partial charge in [0.25, 0.3) is 5.91 Å². The molecule has 0 unspecified atom stereocenters. The van der Waals surface area contributed by atoms with E-state index in [0.717, 1.165) is 26.9 Å². The Balaban J connectivity index is 1.76. The number of aromatic nitrogens is 1. The van der Waals surface area contributed by atoms with Gasteiger partial charge in [0.05, 0.1) is 26.3 Å². The third-order valence-electron chi connectivity index (χ3n) is 4.02. The third-order valence-corrected chi connectivity index (χ3v) is 5.15. The number of halogens is 1. The molecule has 3 aromatic rings. The summed E-state index contributed by atoms with van der Waals surface area (Å²) in [4.78, 5) is 16.6. The normalized spacial score (nSPS) is 11.9. The van der Waals surface area contributed by atoms with Gasteiger partial charge < -0.3 is 11.1 Å². The first-order valence-corrected chi connectivity index (χ1v) is 9.44. The Hall–Kier alpha value is -2.89. The van der Waals surface area contributed by atoms with Crippen molar-refractivity contribution in [2.24, 2.45) is 5.73 Å². The summed E-state index contributed by atoms with van der Waals surface area (Å²) in [6.07, 6.45) is 5.05. The molecule has 0 aliphatic heterocycles. The molecule has 0 fully saturated rings. The second-order valence-electron chi connectivity index (χ2n) is 5.90. The van der Waals surface area contributed by atoms with Crippen LogP contribution in [0.5, 0.6) is 0 Å². The maximum absolute atomic E-state index is 12.3. The monoisotopic (exact) mass is 395 g/mol. The summed E-state index contributed by atoms with van der Waals surface area (Å²) in [6, 6.07) is 11.0. The van der Waals surface area contributed by atoms with E-state index < -0.39 is 0 Å². The molecule has 136 valence electrons. The van der Waals surface area contributed by atoms with Crippen LogP contribution in [0.25, 0.3) is 15.8 Å². The molecule has 4 nitrogen and oxygen atoms in total. The van der Waals surface area contributed by atoms with E-state index in [4.69, 9.17) is 17.3 Å². The number of nitrogens with two attached hydrogens (primary N) is 1. The van der Waals surface area contributed by atoms with Crippen molar-refractivity contribution >= 4 is 44.6 Å². The van der Waals surface area contributed by atoms with Crippen molar-refractivity contribution in [3.8, 4) is 0 Å². The summed E-state index contributed by atoms with van der Waals surface area (Å²) >= 11 is 7.65. The molecule has 0 atom stereocenters. The summed E-state index contributed by atoms with van der Waals surface area (Å²) in [5.74, 6) is -0.311. The van der Waals surface area contributed by atoms with Gasteiger partial charge in [-0.3, -0.25) is 4.79 Å². The maximum Gasteiger partial charge on any atom is 0.257 e. The fraction of sp³-hybridized carbons (Fsp3) is 0.0476. The predicted molar refractivity (Wildman–Crippen MR) is 114 cm³/mol. The Morgan fingerprint density at radius 2 is 2.04 bits per heavy atom. The lowest BCUT2D eigenvalue weighted by atomic mass is 10.00. The van der Waals surface area contributed by atoms with Crippen LogP contribution in [0.15, 0.2) is 72.5 Å². The molecule has 0 saturated heterocycles. The Bertz CT molecular complexity index is 1080. The molecule has 0 bridgehead atoms. The molecule has 0 spiro atoms. The number of amides is 1. The Kier molecular flexibility index (Phi) is 5.74. The fourth-order valence-corrected chi connectivity index (χ4v) is 3.62. The van der Waals surface area contributed by atoms with Gasteiger partial charge in [-0.2, -0.15) is 0 Å². The van der Waals surface area contributed by atoms with E-state index in [1.165, 1.54) is 6.20 Å². The van der Waals surface area contributed by atoms with Gasteiger partial charge in [0, 0.05) is 11.9 Å². The molecular formula is C21H18ClN3OS. The first-order valence-electron chi connectivity index (χ1n) is 8.18. The van der Waals surface area contributed by atoms with Gasteiger partial charge in [0.15, 0.2) is 0 Å². The number of hydrogen-bond donors (Lipinski definition) is 2. The molecule has 2 aromatic carbocycles. The van der Waals surface area contributed by atoms with Crippen molar-refractivity contribution in [2.45, 2.75) is 6.92 Å². The third kappa shape index (κ3) is 4.27. The number of nitrogens with zero attached hydrogens (tertiary/aromatic N) is 1. The second-order valence-corrected chi connectivity index (χ2v) is 7.20. The quantitative estimate of drug-likeness (QED) is 0.593. The molecule has 0 saturated carbocycles. The van der Waals surface area contributed by atoms with Crippen LogP contribution in [0.2, 0.25) is 5.02 Å². The number of carbonyl (C=O) groups is 1. The summed E-state index contributed by atoms with van der Waals surface area (Å²) in [7, 11) is 0. The largest absolute Gasteiger partial charge is 0.404 e. The topological polar surface area (TPSA) is 68.0 Å². The zero-order valence-electron chi connectivity index (χ0n) is 14.7. The zero-order chi connectivity index (χ0) is 19.4. The number of hydrogen-bond acceptors (Lipinski definition) is 4. The summed E-state index contributed by atoms with van der Waals surface area (Å²) in [5, 5.41) is 3.11. The standard InChI is InChI=1S/C21H18ClN3OS/c1-13-9-20-19(24-12-27-20)10-17(13)15(11-23)8-7-14(2)25-21(26)16-5-3-4-6-18(16)22/h3-12H,2,23H2,1H3,(H,25,26)/b8-7-,15-11+. The first-order chi connectivity index (χ1) is 13.0. The van der Waals surface area contributed by atoms with Gasteiger partial charge in [-0.15, -0.1) is 11.3 Å². The number of allylic oxidation sites excluding steroid dienone is 3. The second kappa shape index (κ2) is 8.20. The van der Waals surface area contributed by atoms with E-state index in [9.17, 15) is 4.79 Å². The minimum Gasteiger partial charge on any atom is -0.404 e. The van der Waals surface area contributed by atoms with Crippen LogP contribution in [0.3, 0.4) is 0 Å². The molecule has 3 N–H and O–H groups in total. The van der Waals surface area contributed by atoms with Crippen molar-refractivity contribution in [1.29, 1.82) is 0 Å². The van der Waals surface area contributed by atoms with Crippen molar-refractivity contribution in [3.05, 3.63) is 94.2 Å². The van der Waals surface area contributed by atoms with Crippen molar-refractivity contribution in [1.82, 2.24) is 10.3 Å². The van der Waals surface area contributed by atoms with Gasteiger partial charge in [-0.25, -0.2) is 4.98 Å². The van der Waals surface area contributed by atoms with E-state index in [2.05, 4.69) is 22.9 Å². The molecule has 1 amide bonds. The highest BCUT2D eigenvalue weighted by Gasteiger charge is 2.10. The first kappa shape index (κ1) is 18.9. The highest BCUT2D eigenvalue weighted by molar-refractivity contribution is 7.16. The average molecular weight is 396 g/mol. The van der Waals surface area contributed by atoms with Crippen LogP contribution in [0.4, 0.5) is 0 Å².